The molecule has 0 fully saturated rings. The number of hydrogen-bond donors (Lipinski definition) is 2. The zero-order valence-corrected chi connectivity index (χ0v) is 13.1. The van der Waals surface area contributed by atoms with Crippen molar-refractivity contribution >= 4 is 11.9 Å². The molecule has 5 nitrogen and oxygen atoms in total. The van der Waals surface area contributed by atoms with Crippen molar-refractivity contribution in [2.45, 2.75) is 46.3 Å². The fraction of sp³-hybridized carbons (Fsp3) is 0.500. The highest BCUT2D eigenvalue weighted by molar-refractivity contribution is 5.96. The first-order chi connectivity index (χ1) is 9.85. The predicted molar refractivity (Wildman–Crippen MR) is 82.2 cm³/mol. The summed E-state index contributed by atoms with van der Waals surface area (Å²) in [6.45, 7) is 9.67. The van der Waals surface area contributed by atoms with Gasteiger partial charge in [0.25, 0.3) is 5.91 Å². The van der Waals surface area contributed by atoms with E-state index in [-0.39, 0.29) is 5.91 Å². The quantitative estimate of drug-likeness (QED) is 0.807. The first-order valence-electron chi connectivity index (χ1n) is 7.21. The standard InChI is InChI=1S/C16H24N2O3/c1-5-18(11(2)3)10-13-6-8-14(9-7-13)15(19)17-12(4)16(20)21/h6-9,11-12H,5,10H2,1-4H3,(H,17,19)(H,20,21). The number of hydrogen-bond acceptors (Lipinski definition) is 3. The topological polar surface area (TPSA) is 69.6 Å². The molecule has 1 aromatic rings. The third-order valence-corrected chi connectivity index (χ3v) is 3.46. The fourth-order valence-corrected chi connectivity index (χ4v) is 2.00. The predicted octanol–water partition coefficient (Wildman–Crippen LogP) is 2.12. The molecule has 21 heavy (non-hydrogen) atoms. The molecule has 2 N–H and O–H groups in total. The van der Waals surface area contributed by atoms with Crippen LogP contribution in [0.2, 0.25) is 0 Å². The second-order valence-electron chi connectivity index (χ2n) is 5.39. The number of carbonyl (C=O) groups excluding carboxylic acids is 1. The molecule has 0 saturated heterocycles. The summed E-state index contributed by atoms with van der Waals surface area (Å²) in [5.41, 5.74) is 1.60. The maximum absolute atomic E-state index is 11.9. The minimum Gasteiger partial charge on any atom is -0.480 e. The van der Waals surface area contributed by atoms with Crippen LogP contribution in [0.1, 0.15) is 43.6 Å². The Morgan fingerprint density at radius 3 is 2.19 bits per heavy atom. The van der Waals surface area contributed by atoms with Crippen molar-refractivity contribution in [1.82, 2.24) is 10.2 Å². The zero-order valence-electron chi connectivity index (χ0n) is 13.1. The van der Waals surface area contributed by atoms with Gasteiger partial charge in [0.15, 0.2) is 0 Å². The molecule has 1 amide bonds. The van der Waals surface area contributed by atoms with Gasteiger partial charge >= 0.3 is 5.97 Å². The average Bonchev–Trinajstić information content (AvgIpc) is 2.44. The molecule has 0 aliphatic rings. The van der Waals surface area contributed by atoms with Gasteiger partial charge < -0.3 is 10.4 Å². The number of rotatable bonds is 7. The number of carboxylic acids is 1. The molecule has 1 atom stereocenters. The highest BCUT2D eigenvalue weighted by atomic mass is 16.4. The fourth-order valence-electron chi connectivity index (χ4n) is 2.00. The highest BCUT2D eigenvalue weighted by Crippen LogP contribution is 2.10. The summed E-state index contributed by atoms with van der Waals surface area (Å²) in [4.78, 5) is 24.9. The number of benzene rings is 1. The molecular weight excluding hydrogens is 268 g/mol. The van der Waals surface area contributed by atoms with E-state index < -0.39 is 12.0 Å². The van der Waals surface area contributed by atoms with E-state index in [1.165, 1.54) is 6.92 Å². The van der Waals surface area contributed by atoms with Crippen LogP contribution in [0.15, 0.2) is 24.3 Å². The lowest BCUT2D eigenvalue weighted by Gasteiger charge is -2.24. The van der Waals surface area contributed by atoms with E-state index in [9.17, 15) is 9.59 Å². The molecule has 0 bridgehead atoms. The molecule has 1 unspecified atom stereocenters. The second kappa shape index (κ2) is 7.78. The Hall–Kier alpha value is -1.88. The van der Waals surface area contributed by atoms with E-state index in [0.29, 0.717) is 11.6 Å². The van der Waals surface area contributed by atoms with Crippen LogP contribution in [0.3, 0.4) is 0 Å². The molecule has 116 valence electrons. The summed E-state index contributed by atoms with van der Waals surface area (Å²) < 4.78 is 0. The first-order valence-corrected chi connectivity index (χ1v) is 7.21. The van der Waals surface area contributed by atoms with Gasteiger partial charge in [-0.05, 0) is 45.0 Å². The van der Waals surface area contributed by atoms with E-state index in [4.69, 9.17) is 5.11 Å². The lowest BCUT2D eigenvalue weighted by Crippen LogP contribution is -2.38. The van der Waals surface area contributed by atoms with Crippen molar-refractivity contribution < 1.29 is 14.7 Å². The molecule has 1 rings (SSSR count). The lowest BCUT2D eigenvalue weighted by atomic mass is 10.1. The summed E-state index contributed by atoms with van der Waals surface area (Å²) in [6, 6.07) is 6.85. The number of amides is 1. The Bertz CT molecular complexity index is 483. The molecule has 1 aromatic carbocycles. The molecule has 5 heteroatoms. The molecular formula is C16H24N2O3. The maximum Gasteiger partial charge on any atom is 0.325 e. The Kier molecular flexibility index (Phi) is 6.37. The molecule has 0 heterocycles. The van der Waals surface area contributed by atoms with E-state index >= 15 is 0 Å². The van der Waals surface area contributed by atoms with Gasteiger partial charge in [-0.15, -0.1) is 0 Å². The summed E-state index contributed by atoms with van der Waals surface area (Å²) in [7, 11) is 0. The third-order valence-electron chi connectivity index (χ3n) is 3.46. The normalized spacial score (nSPS) is 12.5. The van der Waals surface area contributed by atoms with Crippen LogP contribution in [0.4, 0.5) is 0 Å². The van der Waals surface area contributed by atoms with Crippen molar-refractivity contribution in [3.8, 4) is 0 Å². The van der Waals surface area contributed by atoms with Crippen molar-refractivity contribution in [2.75, 3.05) is 6.54 Å². The molecule has 0 spiro atoms. The summed E-state index contributed by atoms with van der Waals surface area (Å²) >= 11 is 0. The molecule has 0 radical (unpaired) electrons. The smallest absolute Gasteiger partial charge is 0.325 e. The van der Waals surface area contributed by atoms with Gasteiger partial charge in [-0.1, -0.05) is 19.1 Å². The van der Waals surface area contributed by atoms with Gasteiger partial charge in [-0.25, -0.2) is 0 Å². The molecule has 0 aromatic heterocycles. The summed E-state index contributed by atoms with van der Waals surface area (Å²) in [6.07, 6.45) is 0. The van der Waals surface area contributed by atoms with E-state index in [0.717, 1.165) is 18.7 Å². The van der Waals surface area contributed by atoms with Crippen LogP contribution in [-0.4, -0.2) is 40.5 Å². The zero-order chi connectivity index (χ0) is 16.0. The van der Waals surface area contributed by atoms with Crippen molar-refractivity contribution in [3.05, 3.63) is 35.4 Å². The van der Waals surface area contributed by atoms with Crippen molar-refractivity contribution in [2.24, 2.45) is 0 Å². The minimum absolute atomic E-state index is 0.368. The van der Waals surface area contributed by atoms with Crippen molar-refractivity contribution in [1.29, 1.82) is 0 Å². The van der Waals surface area contributed by atoms with Gasteiger partial charge in [0.2, 0.25) is 0 Å². The average molecular weight is 292 g/mol. The molecule has 0 aliphatic heterocycles. The molecule has 0 saturated carbocycles. The van der Waals surface area contributed by atoms with E-state index in [2.05, 4.69) is 31.0 Å². The van der Waals surface area contributed by atoms with Gasteiger partial charge in [0, 0.05) is 18.2 Å². The lowest BCUT2D eigenvalue weighted by molar-refractivity contribution is -0.138. The van der Waals surface area contributed by atoms with E-state index in [1.807, 2.05) is 12.1 Å². The van der Waals surface area contributed by atoms with E-state index in [1.54, 1.807) is 12.1 Å². The Morgan fingerprint density at radius 2 is 1.76 bits per heavy atom. The van der Waals surface area contributed by atoms with Crippen molar-refractivity contribution in [3.63, 3.8) is 0 Å². The Labute approximate surface area is 126 Å². The highest BCUT2D eigenvalue weighted by Gasteiger charge is 2.15. The largest absolute Gasteiger partial charge is 0.480 e. The van der Waals surface area contributed by atoms with Crippen LogP contribution in [0.25, 0.3) is 0 Å². The number of carbonyl (C=O) groups is 2. The third kappa shape index (κ3) is 5.19. The maximum atomic E-state index is 11.9. The van der Waals surface area contributed by atoms with Crippen LogP contribution < -0.4 is 5.32 Å². The van der Waals surface area contributed by atoms with Gasteiger partial charge in [0.1, 0.15) is 6.04 Å². The Balaban J connectivity index is 2.69. The monoisotopic (exact) mass is 292 g/mol. The van der Waals surface area contributed by atoms with Crippen LogP contribution in [0, 0.1) is 0 Å². The number of aliphatic carboxylic acids is 1. The number of carboxylic acid groups (broad SMARTS) is 1. The second-order valence-corrected chi connectivity index (χ2v) is 5.39. The van der Waals surface area contributed by atoms with Gasteiger partial charge in [0.05, 0.1) is 0 Å². The minimum atomic E-state index is -1.05. The SMILES string of the molecule is CCN(Cc1ccc(C(=O)NC(C)C(=O)O)cc1)C(C)C. The van der Waals surface area contributed by atoms with Gasteiger partial charge in [-0.3, -0.25) is 14.5 Å². The number of nitrogens with zero attached hydrogens (tertiary/aromatic N) is 1. The van der Waals surface area contributed by atoms with Crippen LogP contribution in [0.5, 0.6) is 0 Å². The van der Waals surface area contributed by atoms with Gasteiger partial charge in [-0.2, -0.15) is 0 Å². The van der Waals surface area contributed by atoms with Crippen LogP contribution >= 0.6 is 0 Å². The molecule has 0 aliphatic carbocycles. The first kappa shape index (κ1) is 17.2. The summed E-state index contributed by atoms with van der Waals surface area (Å²) in [5.74, 6) is -1.41. The summed E-state index contributed by atoms with van der Waals surface area (Å²) in [5, 5.41) is 11.2. The Morgan fingerprint density at radius 1 is 1.19 bits per heavy atom. The van der Waals surface area contributed by atoms with Crippen LogP contribution in [-0.2, 0) is 11.3 Å². The number of nitrogens with one attached hydrogen (secondary N) is 1.